The van der Waals surface area contributed by atoms with E-state index < -0.39 is 5.97 Å². The number of carboxylic acid groups (broad SMARTS) is 1. The third-order valence-corrected chi connectivity index (χ3v) is 3.13. The normalized spacial score (nSPS) is 10.3. The van der Waals surface area contributed by atoms with E-state index in [1.165, 1.54) is 9.58 Å². The van der Waals surface area contributed by atoms with Crippen molar-refractivity contribution in [2.45, 2.75) is 6.54 Å². The second kappa shape index (κ2) is 6.30. The van der Waals surface area contributed by atoms with Gasteiger partial charge in [0.15, 0.2) is 5.69 Å². The summed E-state index contributed by atoms with van der Waals surface area (Å²) in [6, 6.07) is 7.03. The van der Waals surface area contributed by atoms with Gasteiger partial charge in [-0.15, -0.1) is 0 Å². The first-order valence-electron chi connectivity index (χ1n) is 6.70. The van der Waals surface area contributed by atoms with E-state index >= 15 is 0 Å². The number of carboxylic acids is 1. The van der Waals surface area contributed by atoms with Crippen molar-refractivity contribution in [1.29, 1.82) is 0 Å². The molecule has 0 spiro atoms. The third kappa shape index (κ3) is 3.43. The molecule has 1 amide bonds. The number of hydrogen-bond donors (Lipinski definition) is 2. The fourth-order valence-corrected chi connectivity index (χ4v) is 2.03. The predicted molar refractivity (Wildman–Crippen MR) is 82.0 cm³/mol. The molecule has 0 atom stereocenters. The smallest absolute Gasteiger partial charge is 0.356 e. The Morgan fingerprint density at radius 3 is 2.45 bits per heavy atom. The molecule has 116 valence electrons. The van der Waals surface area contributed by atoms with Crippen LogP contribution in [0.3, 0.4) is 0 Å². The molecule has 2 N–H and O–H groups in total. The number of anilines is 1. The highest BCUT2D eigenvalue weighted by Crippen LogP contribution is 2.14. The first-order valence-corrected chi connectivity index (χ1v) is 6.70. The highest BCUT2D eigenvalue weighted by Gasteiger charge is 2.14. The molecule has 1 aromatic carbocycles. The van der Waals surface area contributed by atoms with E-state index in [9.17, 15) is 9.59 Å². The molecule has 7 heteroatoms. The highest BCUT2D eigenvalue weighted by molar-refractivity contribution is 5.94. The Labute approximate surface area is 128 Å². The zero-order valence-corrected chi connectivity index (χ0v) is 12.7. The van der Waals surface area contributed by atoms with Gasteiger partial charge in [-0.1, -0.05) is 0 Å². The van der Waals surface area contributed by atoms with Crippen molar-refractivity contribution < 1.29 is 14.7 Å². The summed E-state index contributed by atoms with van der Waals surface area (Å²) < 4.78 is 1.47. The Morgan fingerprint density at radius 1 is 1.27 bits per heavy atom. The van der Waals surface area contributed by atoms with Crippen LogP contribution in [0.15, 0.2) is 30.5 Å². The molecule has 0 bridgehead atoms. The van der Waals surface area contributed by atoms with Gasteiger partial charge in [0, 0.05) is 50.7 Å². The van der Waals surface area contributed by atoms with Gasteiger partial charge in [-0.3, -0.25) is 9.48 Å². The molecule has 0 aliphatic heterocycles. The largest absolute Gasteiger partial charge is 0.476 e. The van der Waals surface area contributed by atoms with E-state index in [1.807, 2.05) is 0 Å². The van der Waals surface area contributed by atoms with Crippen LogP contribution >= 0.6 is 0 Å². The second-order valence-corrected chi connectivity index (χ2v) is 5.11. The van der Waals surface area contributed by atoms with Gasteiger partial charge in [-0.05, 0) is 24.3 Å². The van der Waals surface area contributed by atoms with Gasteiger partial charge in [0.25, 0.3) is 5.91 Å². The van der Waals surface area contributed by atoms with Crippen LogP contribution in [0.2, 0.25) is 0 Å². The number of nitrogens with one attached hydrogen (secondary N) is 1. The number of aryl methyl sites for hydroxylation is 1. The Balaban J connectivity index is 2.06. The first kappa shape index (κ1) is 15.6. The van der Waals surface area contributed by atoms with Crippen molar-refractivity contribution in [2.75, 3.05) is 19.4 Å². The molecular weight excluding hydrogens is 284 g/mol. The molecule has 0 unspecified atom stereocenters. The van der Waals surface area contributed by atoms with Crippen molar-refractivity contribution >= 4 is 17.6 Å². The number of aromatic carboxylic acids is 1. The van der Waals surface area contributed by atoms with Gasteiger partial charge in [0.05, 0.1) is 0 Å². The third-order valence-electron chi connectivity index (χ3n) is 3.13. The fraction of sp³-hybridized carbons (Fsp3) is 0.267. The van der Waals surface area contributed by atoms with Crippen molar-refractivity contribution in [2.24, 2.45) is 7.05 Å². The number of hydrogen-bond acceptors (Lipinski definition) is 4. The van der Waals surface area contributed by atoms with Crippen LogP contribution in [0.4, 0.5) is 5.69 Å². The van der Waals surface area contributed by atoms with E-state index in [1.54, 1.807) is 51.6 Å². The van der Waals surface area contributed by atoms with Crippen molar-refractivity contribution in [3.8, 4) is 0 Å². The van der Waals surface area contributed by atoms with Crippen LogP contribution in [-0.2, 0) is 13.6 Å². The zero-order valence-electron chi connectivity index (χ0n) is 12.7. The second-order valence-electron chi connectivity index (χ2n) is 5.11. The summed E-state index contributed by atoms with van der Waals surface area (Å²) in [4.78, 5) is 24.4. The number of carbonyl (C=O) groups is 2. The summed E-state index contributed by atoms with van der Waals surface area (Å²) in [5, 5.41) is 16.1. The van der Waals surface area contributed by atoms with Gasteiger partial charge >= 0.3 is 5.97 Å². The minimum atomic E-state index is -1.05. The Hall–Kier alpha value is -2.83. The minimum Gasteiger partial charge on any atom is -0.476 e. The average molecular weight is 302 g/mol. The average Bonchev–Trinajstić information content (AvgIpc) is 2.86. The monoisotopic (exact) mass is 302 g/mol. The maximum absolute atomic E-state index is 11.8. The van der Waals surface area contributed by atoms with Crippen molar-refractivity contribution in [3.05, 3.63) is 47.3 Å². The Kier molecular flexibility index (Phi) is 4.45. The molecule has 0 saturated heterocycles. The van der Waals surface area contributed by atoms with Crippen molar-refractivity contribution in [3.63, 3.8) is 0 Å². The summed E-state index contributed by atoms with van der Waals surface area (Å²) in [6.45, 7) is 0.344. The van der Waals surface area contributed by atoms with Crippen LogP contribution in [0.5, 0.6) is 0 Å². The Bertz CT molecular complexity index is 689. The molecule has 0 saturated carbocycles. The fourth-order valence-electron chi connectivity index (χ4n) is 2.03. The highest BCUT2D eigenvalue weighted by atomic mass is 16.4. The van der Waals surface area contributed by atoms with Gasteiger partial charge in [0.2, 0.25) is 0 Å². The van der Waals surface area contributed by atoms with E-state index in [-0.39, 0.29) is 11.6 Å². The molecular formula is C15H18N4O3. The Morgan fingerprint density at radius 2 is 1.91 bits per heavy atom. The molecule has 1 aromatic heterocycles. The van der Waals surface area contributed by atoms with Crippen molar-refractivity contribution in [1.82, 2.24) is 14.7 Å². The standard InChI is InChI=1S/C15H18N4O3/c1-18(2)14(20)10-4-6-12(7-5-10)16-8-11-9-19(3)17-13(11)15(21)22/h4-7,9,16H,8H2,1-3H3,(H,21,22). The number of rotatable bonds is 5. The van der Waals surface area contributed by atoms with Crippen LogP contribution < -0.4 is 5.32 Å². The van der Waals surface area contributed by atoms with Gasteiger partial charge in [0.1, 0.15) is 0 Å². The number of carbonyl (C=O) groups excluding carboxylic acids is 1. The topological polar surface area (TPSA) is 87.5 Å². The first-order chi connectivity index (χ1) is 10.4. The summed E-state index contributed by atoms with van der Waals surface area (Å²) in [5.74, 6) is -1.11. The summed E-state index contributed by atoms with van der Waals surface area (Å²) in [7, 11) is 5.08. The van der Waals surface area contributed by atoms with E-state index in [0.29, 0.717) is 17.7 Å². The van der Waals surface area contributed by atoms with Gasteiger partial charge < -0.3 is 15.3 Å². The number of benzene rings is 1. The lowest BCUT2D eigenvalue weighted by molar-refractivity contribution is 0.0688. The molecule has 2 aromatic rings. The maximum atomic E-state index is 11.8. The summed E-state index contributed by atoms with van der Waals surface area (Å²) in [5.41, 5.74) is 2.04. The maximum Gasteiger partial charge on any atom is 0.356 e. The molecule has 0 radical (unpaired) electrons. The number of nitrogens with zero attached hydrogens (tertiary/aromatic N) is 3. The zero-order chi connectivity index (χ0) is 16.3. The van der Waals surface area contributed by atoms with E-state index in [4.69, 9.17) is 5.11 Å². The SMILES string of the molecule is CN(C)C(=O)c1ccc(NCc2cn(C)nc2C(=O)O)cc1. The van der Waals surface area contributed by atoms with Crippen LogP contribution in [0.1, 0.15) is 26.4 Å². The minimum absolute atomic E-state index is 0.0365. The summed E-state index contributed by atoms with van der Waals surface area (Å²) >= 11 is 0. The lowest BCUT2D eigenvalue weighted by Crippen LogP contribution is -2.21. The molecule has 1 heterocycles. The van der Waals surface area contributed by atoms with Gasteiger partial charge in [-0.2, -0.15) is 5.10 Å². The molecule has 22 heavy (non-hydrogen) atoms. The molecule has 7 nitrogen and oxygen atoms in total. The van der Waals surface area contributed by atoms with E-state index in [2.05, 4.69) is 10.4 Å². The van der Waals surface area contributed by atoms with Crippen LogP contribution in [0, 0.1) is 0 Å². The summed E-state index contributed by atoms with van der Waals surface area (Å²) in [6.07, 6.45) is 1.67. The predicted octanol–water partition coefficient (Wildman–Crippen LogP) is 1.43. The van der Waals surface area contributed by atoms with Crippen LogP contribution in [-0.4, -0.2) is 45.8 Å². The van der Waals surface area contributed by atoms with Gasteiger partial charge in [-0.25, -0.2) is 4.79 Å². The van der Waals surface area contributed by atoms with E-state index in [0.717, 1.165) is 5.69 Å². The number of amides is 1. The molecule has 0 aliphatic rings. The molecule has 0 aliphatic carbocycles. The quantitative estimate of drug-likeness (QED) is 0.872. The van der Waals surface area contributed by atoms with Crippen LogP contribution in [0.25, 0.3) is 0 Å². The molecule has 2 rings (SSSR count). The molecule has 0 fully saturated rings. The lowest BCUT2D eigenvalue weighted by atomic mass is 10.2. The number of aromatic nitrogens is 2. The lowest BCUT2D eigenvalue weighted by Gasteiger charge is -2.11.